The summed E-state index contributed by atoms with van der Waals surface area (Å²) in [6.45, 7) is 1.87. The van der Waals surface area contributed by atoms with Gasteiger partial charge in [-0.2, -0.15) is 5.26 Å². The lowest BCUT2D eigenvalue weighted by molar-refractivity contribution is 0.498. The van der Waals surface area contributed by atoms with E-state index in [1.807, 2.05) is 12.1 Å². The minimum absolute atomic E-state index is 0. The van der Waals surface area contributed by atoms with E-state index in [0.29, 0.717) is 11.7 Å². The Hall–Kier alpha value is -1.31. The van der Waals surface area contributed by atoms with Crippen molar-refractivity contribution in [2.45, 2.75) is 18.9 Å². The average Bonchev–Trinajstić information content (AvgIpc) is 2.30. The van der Waals surface area contributed by atoms with Crippen molar-refractivity contribution in [3.63, 3.8) is 0 Å². The fraction of sp³-hybridized carbons (Fsp3) is 0.455. The molecule has 0 aliphatic carbocycles. The fourth-order valence-electron chi connectivity index (χ4n) is 1.79. The van der Waals surface area contributed by atoms with Crippen LogP contribution in [-0.4, -0.2) is 24.1 Å². The smallest absolute Gasteiger partial charge is 0.142 e. The molecule has 0 aromatic carbocycles. The second-order valence-corrected chi connectivity index (χ2v) is 3.82. The average molecular weight is 239 g/mol. The highest BCUT2D eigenvalue weighted by Crippen LogP contribution is 2.16. The summed E-state index contributed by atoms with van der Waals surface area (Å²) >= 11 is 0. The minimum Gasteiger partial charge on any atom is -0.356 e. The summed E-state index contributed by atoms with van der Waals surface area (Å²) in [5, 5.41) is 8.75. The molecule has 1 aromatic heterocycles. The Kier molecular flexibility index (Phi) is 4.53. The molecule has 0 unspecified atom stereocenters. The van der Waals surface area contributed by atoms with Gasteiger partial charge >= 0.3 is 0 Å². The molecule has 1 aliphatic rings. The van der Waals surface area contributed by atoms with Gasteiger partial charge in [-0.05, 0) is 25.0 Å². The van der Waals surface area contributed by atoms with Crippen molar-refractivity contribution in [1.82, 2.24) is 4.98 Å². The van der Waals surface area contributed by atoms with Crippen LogP contribution in [0, 0.1) is 11.3 Å². The maximum Gasteiger partial charge on any atom is 0.142 e. The molecule has 5 heteroatoms. The summed E-state index contributed by atoms with van der Waals surface area (Å²) in [5.74, 6) is 0.890. The predicted molar refractivity (Wildman–Crippen MR) is 65.6 cm³/mol. The number of hydrogen-bond donors (Lipinski definition) is 1. The Labute approximate surface area is 101 Å². The Morgan fingerprint density at radius 2 is 2.06 bits per heavy atom. The summed E-state index contributed by atoms with van der Waals surface area (Å²) in [7, 11) is 0. The second kappa shape index (κ2) is 5.69. The van der Waals surface area contributed by atoms with Crippen molar-refractivity contribution < 1.29 is 0 Å². The molecule has 2 rings (SSSR count). The summed E-state index contributed by atoms with van der Waals surface area (Å²) in [4.78, 5) is 6.45. The van der Waals surface area contributed by atoms with Crippen molar-refractivity contribution in [3.8, 4) is 6.07 Å². The standard InChI is InChI=1S/C11H14N4.ClH/c12-8-10-2-1-3-11(14-10)15-6-4-9(13)5-7-15;/h1-3,9H,4-7,13H2;1H. The molecule has 0 saturated carbocycles. The first kappa shape index (κ1) is 12.8. The molecule has 0 bridgehead atoms. The van der Waals surface area contributed by atoms with Crippen LogP contribution in [0.1, 0.15) is 18.5 Å². The number of halogens is 1. The fourth-order valence-corrected chi connectivity index (χ4v) is 1.79. The van der Waals surface area contributed by atoms with Gasteiger partial charge in [0.1, 0.15) is 17.6 Å². The minimum atomic E-state index is 0. The molecule has 1 aliphatic heterocycles. The van der Waals surface area contributed by atoms with E-state index in [1.54, 1.807) is 6.07 Å². The summed E-state index contributed by atoms with van der Waals surface area (Å²) in [5.41, 5.74) is 6.31. The van der Waals surface area contributed by atoms with Gasteiger partial charge in [-0.15, -0.1) is 12.4 Å². The lowest BCUT2D eigenvalue weighted by atomic mass is 10.1. The number of anilines is 1. The third-order valence-corrected chi connectivity index (χ3v) is 2.71. The SMILES string of the molecule is Cl.N#Cc1cccc(N2CCC(N)CC2)n1. The molecule has 2 N–H and O–H groups in total. The van der Waals surface area contributed by atoms with E-state index in [-0.39, 0.29) is 12.4 Å². The van der Waals surface area contributed by atoms with E-state index >= 15 is 0 Å². The lowest BCUT2D eigenvalue weighted by Gasteiger charge is -2.31. The van der Waals surface area contributed by atoms with Crippen molar-refractivity contribution in [2.24, 2.45) is 5.73 Å². The number of nitrogens with zero attached hydrogens (tertiary/aromatic N) is 3. The van der Waals surface area contributed by atoms with Gasteiger partial charge in [0.2, 0.25) is 0 Å². The van der Waals surface area contributed by atoms with Crippen LogP contribution in [0.4, 0.5) is 5.82 Å². The lowest BCUT2D eigenvalue weighted by Crippen LogP contribution is -2.40. The number of nitrogens with two attached hydrogens (primary N) is 1. The van der Waals surface area contributed by atoms with Crippen molar-refractivity contribution in [1.29, 1.82) is 5.26 Å². The zero-order valence-corrected chi connectivity index (χ0v) is 9.78. The maximum absolute atomic E-state index is 8.75. The van der Waals surface area contributed by atoms with Gasteiger partial charge in [-0.3, -0.25) is 0 Å². The summed E-state index contributed by atoms with van der Waals surface area (Å²) in [6, 6.07) is 7.91. The highest BCUT2D eigenvalue weighted by atomic mass is 35.5. The molecule has 0 spiro atoms. The van der Waals surface area contributed by atoms with Crippen molar-refractivity contribution >= 4 is 18.2 Å². The van der Waals surface area contributed by atoms with Crippen LogP contribution < -0.4 is 10.6 Å². The third kappa shape index (κ3) is 2.84. The van der Waals surface area contributed by atoms with E-state index < -0.39 is 0 Å². The van der Waals surface area contributed by atoms with Gasteiger partial charge < -0.3 is 10.6 Å². The Morgan fingerprint density at radius 3 is 2.69 bits per heavy atom. The van der Waals surface area contributed by atoms with Crippen LogP contribution in [0.3, 0.4) is 0 Å². The topological polar surface area (TPSA) is 65.9 Å². The molecule has 1 saturated heterocycles. The molecule has 86 valence electrons. The van der Waals surface area contributed by atoms with Gasteiger partial charge in [-0.25, -0.2) is 4.98 Å². The van der Waals surface area contributed by atoms with Gasteiger partial charge in [0, 0.05) is 19.1 Å². The Bertz CT molecular complexity index is 380. The molecule has 1 fully saturated rings. The van der Waals surface area contributed by atoms with Gasteiger partial charge in [0.25, 0.3) is 0 Å². The number of hydrogen-bond acceptors (Lipinski definition) is 4. The first-order chi connectivity index (χ1) is 7.29. The maximum atomic E-state index is 8.75. The van der Waals surface area contributed by atoms with Gasteiger partial charge in [0.15, 0.2) is 0 Å². The van der Waals surface area contributed by atoms with Crippen molar-refractivity contribution in [2.75, 3.05) is 18.0 Å². The normalized spacial score (nSPS) is 16.4. The first-order valence-corrected chi connectivity index (χ1v) is 5.17. The molecule has 4 nitrogen and oxygen atoms in total. The molecule has 0 radical (unpaired) electrons. The molecule has 0 atom stereocenters. The highest BCUT2D eigenvalue weighted by molar-refractivity contribution is 5.85. The number of pyridine rings is 1. The Balaban J connectivity index is 0.00000128. The third-order valence-electron chi connectivity index (χ3n) is 2.71. The molecule has 1 aromatic rings. The van der Waals surface area contributed by atoms with Gasteiger partial charge in [0.05, 0.1) is 0 Å². The van der Waals surface area contributed by atoms with Crippen LogP contribution in [0.15, 0.2) is 18.2 Å². The monoisotopic (exact) mass is 238 g/mol. The van der Waals surface area contributed by atoms with E-state index in [1.165, 1.54) is 0 Å². The molecular formula is C11H15ClN4. The zero-order valence-electron chi connectivity index (χ0n) is 8.97. The number of aromatic nitrogens is 1. The summed E-state index contributed by atoms with van der Waals surface area (Å²) < 4.78 is 0. The van der Waals surface area contributed by atoms with Crippen molar-refractivity contribution in [3.05, 3.63) is 23.9 Å². The van der Waals surface area contributed by atoms with Crippen LogP contribution in [0.5, 0.6) is 0 Å². The van der Waals surface area contributed by atoms with E-state index in [0.717, 1.165) is 31.7 Å². The van der Waals surface area contributed by atoms with Gasteiger partial charge in [-0.1, -0.05) is 6.07 Å². The van der Waals surface area contributed by atoms with Crippen LogP contribution in [0.2, 0.25) is 0 Å². The molecular weight excluding hydrogens is 224 g/mol. The highest BCUT2D eigenvalue weighted by Gasteiger charge is 2.17. The van der Waals surface area contributed by atoms with Crippen LogP contribution >= 0.6 is 12.4 Å². The van der Waals surface area contributed by atoms with E-state index in [4.69, 9.17) is 11.0 Å². The Morgan fingerprint density at radius 1 is 1.38 bits per heavy atom. The second-order valence-electron chi connectivity index (χ2n) is 3.82. The predicted octanol–water partition coefficient (Wildman–Crippen LogP) is 1.30. The van der Waals surface area contributed by atoms with Crippen LogP contribution in [0.25, 0.3) is 0 Å². The zero-order chi connectivity index (χ0) is 10.7. The molecule has 16 heavy (non-hydrogen) atoms. The summed E-state index contributed by atoms with van der Waals surface area (Å²) in [6.07, 6.45) is 2.00. The number of rotatable bonds is 1. The first-order valence-electron chi connectivity index (χ1n) is 5.17. The van der Waals surface area contributed by atoms with E-state index in [9.17, 15) is 0 Å². The van der Waals surface area contributed by atoms with Crippen LogP contribution in [-0.2, 0) is 0 Å². The van der Waals surface area contributed by atoms with E-state index in [2.05, 4.69) is 16.0 Å². The quantitative estimate of drug-likeness (QED) is 0.801. The number of nitriles is 1. The largest absolute Gasteiger partial charge is 0.356 e. The number of piperidine rings is 1. The molecule has 2 heterocycles. The molecule has 0 amide bonds.